The summed E-state index contributed by atoms with van der Waals surface area (Å²) < 4.78 is 5.85. The molecular formula is C26H22N4O4. The molecule has 170 valence electrons. The minimum absolute atomic E-state index is 0.238. The molecule has 8 nitrogen and oxygen atoms in total. The standard InChI is InChI=1S/C26H22N4O4/c1-16-23(17-10-12-20(13-11-17)34-15-19-7-3-2-6-18(19)14-27)24(30(32)33)26(29-16)21-8-4-5-9-22(21)28-25(26)31/h2-13,16,23-24,29H,15H2,1H3,(H,28,31)/t16-,23+,24+,26-/m0/s1. The predicted molar refractivity (Wildman–Crippen MR) is 125 cm³/mol. The number of nitrogens with one attached hydrogen (secondary N) is 2. The Hall–Kier alpha value is -4.22. The van der Waals surface area contributed by atoms with E-state index in [1.807, 2.05) is 31.2 Å². The van der Waals surface area contributed by atoms with Crippen LogP contribution in [0.1, 0.15) is 35.1 Å². The van der Waals surface area contributed by atoms with Gasteiger partial charge in [0.05, 0.1) is 17.6 Å². The molecule has 5 rings (SSSR count). The number of amides is 1. The van der Waals surface area contributed by atoms with Gasteiger partial charge in [0.25, 0.3) is 11.9 Å². The number of rotatable bonds is 5. The van der Waals surface area contributed by atoms with Crippen LogP contribution in [0.5, 0.6) is 5.75 Å². The topological polar surface area (TPSA) is 117 Å². The molecule has 1 fully saturated rings. The zero-order valence-corrected chi connectivity index (χ0v) is 18.4. The number of hydrogen-bond donors (Lipinski definition) is 2. The Morgan fingerprint density at radius 3 is 2.53 bits per heavy atom. The van der Waals surface area contributed by atoms with Crippen LogP contribution in [-0.2, 0) is 16.9 Å². The molecule has 2 aliphatic rings. The molecule has 3 aromatic rings. The fourth-order valence-corrected chi connectivity index (χ4v) is 5.26. The van der Waals surface area contributed by atoms with Crippen molar-refractivity contribution in [3.63, 3.8) is 0 Å². The average Bonchev–Trinajstić information content (AvgIpc) is 3.32. The van der Waals surface area contributed by atoms with Crippen molar-refractivity contribution in [1.82, 2.24) is 5.32 Å². The third kappa shape index (κ3) is 3.29. The average molecular weight is 454 g/mol. The second-order valence-corrected chi connectivity index (χ2v) is 8.62. The summed E-state index contributed by atoms with van der Waals surface area (Å²) in [4.78, 5) is 25.1. The van der Waals surface area contributed by atoms with E-state index in [1.165, 1.54) is 0 Å². The molecule has 34 heavy (non-hydrogen) atoms. The summed E-state index contributed by atoms with van der Waals surface area (Å²) in [5.41, 5.74) is 1.86. The highest BCUT2D eigenvalue weighted by atomic mass is 16.6. The van der Waals surface area contributed by atoms with Crippen molar-refractivity contribution in [2.75, 3.05) is 5.32 Å². The lowest BCUT2D eigenvalue weighted by atomic mass is 9.78. The zero-order chi connectivity index (χ0) is 23.9. The van der Waals surface area contributed by atoms with Crippen molar-refractivity contribution in [3.8, 4) is 11.8 Å². The molecule has 2 N–H and O–H groups in total. The van der Waals surface area contributed by atoms with Crippen molar-refractivity contribution < 1.29 is 14.5 Å². The molecule has 0 saturated carbocycles. The summed E-state index contributed by atoms with van der Waals surface area (Å²) >= 11 is 0. The number of carbonyl (C=O) groups is 1. The summed E-state index contributed by atoms with van der Waals surface area (Å²) in [5.74, 6) is -0.340. The lowest BCUT2D eigenvalue weighted by Crippen LogP contribution is -2.54. The van der Waals surface area contributed by atoms with Gasteiger partial charge in [-0.15, -0.1) is 0 Å². The third-order valence-corrected chi connectivity index (χ3v) is 6.76. The van der Waals surface area contributed by atoms with E-state index in [4.69, 9.17) is 4.74 Å². The lowest BCUT2D eigenvalue weighted by Gasteiger charge is -2.25. The number of hydrogen-bond acceptors (Lipinski definition) is 6. The highest BCUT2D eigenvalue weighted by molar-refractivity contribution is 6.07. The van der Waals surface area contributed by atoms with E-state index in [2.05, 4.69) is 16.7 Å². The normalized spacial score (nSPS) is 24.9. The fourth-order valence-electron chi connectivity index (χ4n) is 5.26. The Morgan fingerprint density at radius 2 is 1.79 bits per heavy atom. The van der Waals surface area contributed by atoms with Crippen LogP contribution in [0.2, 0.25) is 0 Å². The molecule has 2 heterocycles. The van der Waals surface area contributed by atoms with Gasteiger partial charge in [0.1, 0.15) is 12.4 Å². The number of benzene rings is 3. The molecule has 1 spiro atoms. The minimum atomic E-state index is -1.43. The van der Waals surface area contributed by atoms with Gasteiger partial charge in [-0.1, -0.05) is 48.5 Å². The van der Waals surface area contributed by atoms with Crippen LogP contribution in [-0.4, -0.2) is 22.9 Å². The van der Waals surface area contributed by atoms with Gasteiger partial charge in [0.15, 0.2) is 5.54 Å². The Labute approximate surface area is 196 Å². The number of ether oxygens (including phenoxy) is 1. The fraction of sp³-hybridized carbons (Fsp3) is 0.231. The van der Waals surface area contributed by atoms with E-state index in [0.717, 1.165) is 11.1 Å². The highest BCUT2D eigenvalue weighted by Crippen LogP contribution is 2.49. The van der Waals surface area contributed by atoms with Crippen molar-refractivity contribution in [1.29, 1.82) is 5.26 Å². The van der Waals surface area contributed by atoms with Crippen LogP contribution in [0.25, 0.3) is 0 Å². The van der Waals surface area contributed by atoms with E-state index in [9.17, 15) is 20.2 Å². The Kier molecular flexibility index (Phi) is 5.27. The molecule has 1 saturated heterocycles. The maximum absolute atomic E-state index is 13.1. The second-order valence-electron chi connectivity index (χ2n) is 8.62. The monoisotopic (exact) mass is 454 g/mol. The van der Waals surface area contributed by atoms with Crippen LogP contribution < -0.4 is 15.4 Å². The van der Waals surface area contributed by atoms with Crippen molar-refractivity contribution in [2.24, 2.45) is 0 Å². The van der Waals surface area contributed by atoms with Crippen LogP contribution in [0.3, 0.4) is 0 Å². The first-order valence-electron chi connectivity index (χ1n) is 11.0. The van der Waals surface area contributed by atoms with E-state index in [-0.39, 0.29) is 17.6 Å². The van der Waals surface area contributed by atoms with Gasteiger partial charge in [0, 0.05) is 27.8 Å². The third-order valence-electron chi connectivity index (χ3n) is 6.76. The number of para-hydroxylation sites is 1. The number of carbonyl (C=O) groups excluding carboxylic acids is 1. The molecule has 8 heteroatoms. The molecule has 0 aromatic heterocycles. The Morgan fingerprint density at radius 1 is 1.09 bits per heavy atom. The van der Waals surface area contributed by atoms with E-state index >= 15 is 0 Å². The number of anilines is 1. The van der Waals surface area contributed by atoms with Crippen LogP contribution >= 0.6 is 0 Å². The van der Waals surface area contributed by atoms with Crippen LogP contribution in [0, 0.1) is 21.4 Å². The summed E-state index contributed by atoms with van der Waals surface area (Å²) in [6.07, 6.45) is 0. The maximum atomic E-state index is 13.1. The smallest absolute Gasteiger partial charge is 0.256 e. The Balaban J connectivity index is 1.43. The molecule has 3 aromatic carbocycles. The molecule has 2 aliphatic heterocycles. The van der Waals surface area contributed by atoms with Crippen molar-refractivity contribution >= 4 is 11.6 Å². The zero-order valence-electron chi connectivity index (χ0n) is 18.4. The minimum Gasteiger partial charge on any atom is -0.489 e. The number of nitriles is 1. The summed E-state index contributed by atoms with van der Waals surface area (Å²) in [7, 11) is 0. The van der Waals surface area contributed by atoms with Crippen LogP contribution in [0.4, 0.5) is 5.69 Å². The highest BCUT2D eigenvalue weighted by Gasteiger charge is 2.67. The SMILES string of the molecule is C[C@@H]1N[C@]2(C(=O)Nc3ccccc32)[C@H]([N+](=O)[O-])[C@H]1c1ccc(OCc2ccccc2C#N)cc1. The van der Waals surface area contributed by atoms with Crippen molar-refractivity contribution in [2.45, 2.75) is 37.1 Å². The first kappa shape index (κ1) is 21.6. The van der Waals surface area contributed by atoms with E-state index in [0.29, 0.717) is 22.6 Å². The quantitative estimate of drug-likeness (QED) is 0.448. The lowest BCUT2D eigenvalue weighted by molar-refractivity contribution is -0.532. The molecule has 1 amide bonds. The number of nitro groups is 1. The predicted octanol–water partition coefficient (Wildman–Crippen LogP) is 3.71. The van der Waals surface area contributed by atoms with Gasteiger partial charge >= 0.3 is 0 Å². The van der Waals surface area contributed by atoms with Crippen molar-refractivity contribution in [3.05, 3.63) is 105 Å². The maximum Gasteiger partial charge on any atom is 0.256 e. The van der Waals surface area contributed by atoms with Gasteiger partial charge in [-0.25, -0.2) is 0 Å². The largest absolute Gasteiger partial charge is 0.489 e. The Bertz CT molecular complexity index is 1320. The summed E-state index contributed by atoms with van der Waals surface area (Å²) in [5, 5.41) is 27.7. The van der Waals surface area contributed by atoms with Gasteiger partial charge < -0.3 is 10.1 Å². The van der Waals surface area contributed by atoms with E-state index < -0.39 is 23.4 Å². The van der Waals surface area contributed by atoms with E-state index in [1.54, 1.807) is 48.5 Å². The molecule has 0 bridgehead atoms. The molecule has 0 unspecified atom stereocenters. The summed E-state index contributed by atoms with van der Waals surface area (Å²) in [6, 6.07) is 22.1. The van der Waals surface area contributed by atoms with Gasteiger partial charge in [0.2, 0.25) is 0 Å². The number of fused-ring (bicyclic) bond motifs is 2. The summed E-state index contributed by atoms with van der Waals surface area (Å²) in [6.45, 7) is 2.11. The van der Waals surface area contributed by atoms with Gasteiger partial charge in [-0.05, 0) is 36.8 Å². The molecule has 0 aliphatic carbocycles. The first-order chi connectivity index (χ1) is 16.5. The van der Waals surface area contributed by atoms with Crippen LogP contribution in [0.15, 0.2) is 72.8 Å². The van der Waals surface area contributed by atoms with Gasteiger partial charge in [-0.3, -0.25) is 20.2 Å². The molecule has 0 radical (unpaired) electrons. The first-order valence-corrected chi connectivity index (χ1v) is 11.0. The number of nitrogens with zero attached hydrogens (tertiary/aromatic N) is 2. The second kappa shape index (κ2) is 8.28. The molecular weight excluding hydrogens is 432 g/mol. The molecule has 4 atom stereocenters. The van der Waals surface area contributed by atoms with Gasteiger partial charge in [-0.2, -0.15) is 5.26 Å².